The fourth-order valence-corrected chi connectivity index (χ4v) is 2.99. The van der Waals surface area contributed by atoms with Crippen molar-refractivity contribution in [3.63, 3.8) is 0 Å². The summed E-state index contributed by atoms with van der Waals surface area (Å²) in [4.78, 5) is 0. The van der Waals surface area contributed by atoms with Crippen molar-refractivity contribution in [2.45, 2.75) is 17.9 Å². The van der Waals surface area contributed by atoms with Crippen LogP contribution < -0.4 is 0 Å². The molecule has 7 nitrogen and oxygen atoms in total. The van der Waals surface area contributed by atoms with E-state index in [1.165, 1.54) is 11.8 Å². The van der Waals surface area contributed by atoms with Crippen LogP contribution >= 0.6 is 27.7 Å². The summed E-state index contributed by atoms with van der Waals surface area (Å²) < 4.78 is 17.5. The molecule has 0 aliphatic rings. The maximum absolute atomic E-state index is 5.67. The van der Waals surface area contributed by atoms with Gasteiger partial charge in [0.25, 0.3) is 11.1 Å². The molecule has 3 aromatic heterocycles. The average molecular weight is 419 g/mol. The van der Waals surface area contributed by atoms with Crippen LogP contribution in [0.4, 0.5) is 0 Å². The molecule has 0 bridgehead atoms. The molecule has 0 atom stereocenters. The topological polar surface area (TPSA) is 91.0 Å². The number of halogens is 1. The highest BCUT2D eigenvalue weighted by atomic mass is 79.9. The quantitative estimate of drug-likeness (QED) is 0.429. The zero-order valence-corrected chi connectivity index (χ0v) is 15.4. The molecule has 0 radical (unpaired) electrons. The van der Waals surface area contributed by atoms with Crippen LogP contribution in [0, 0.1) is 6.92 Å². The monoisotopic (exact) mass is 418 g/mol. The van der Waals surface area contributed by atoms with Crippen LogP contribution in [-0.2, 0) is 5.75 Å². The Morgan fingerprint density at radius 3 is 2.52 bits per heavy atom. The number of benzene rings is 1. The molecule has 0 aliphatic carbocycles. The zero-order valence-electron chi connectivity index (χ0n) is 13.0. The molecule has 126 valence electrons. The van der Waals surface area contributed by atoms with Crippen LogP contribution in [0.1, 0.15) is 11.7 Å². The smallest absolute Gasteiger partial charge is 0.277 e. The first-order valence-electron chi connectivity index (χ1n) is 7.28. The van der Waals surface area contributed by atoms with Crippen molar-refractivity contribution in [2.75, 3.05) is 0 Å². The molecule has 0 N–H and O–H groups in total. The Labute approximate surface area is 155 Å². The van der Waals surface area contributed by atoms with Gasteiger partial charge in [-0.2, -0.15) is 0 Å². The minimum atomic E-state index is 0.426. The van der Waals surface area contributed by atoms with Gasteiger partial charge in [0.15, 0.2) is 0 Å². The Morgan fingerprint density at radius 1 is 0.960 bits per heavy atom. The van der Waals surface area contributed by atoms with Crippen LogP contribution in [0.3, 0.4) is 0 Å². The van der Waals surface area contributed by atoms with Gasteiger partial charge in [-0.05, 0) is 37.3 Å². The van der Waals surface area contributed by atoms with Gasteiger partial charge in [-0.25, -0.2) is 0 Å². The number of aromatic nitrogens is 4. The van der Waals surface area contributed by atoms with E-state index >= 15 is 0 Å². The zero-order chi connectivity index (χ0) is 17.2. The molecule has 25 heavy (non-hydrogen) atoms. The molecule has 0 aliphatic heterocycles. The molecule has 3 heterocycles. The van der Waals surface area contributed by atoms with Gasteiger partial charge in [-0.1, -0.05) is 27.7 Å². The highest BCUT2D eigenvalue weighted by molar-refractivity contribution is 9.10. The normalized spacial score (nSPS) is 11.1. The third-order valence-electron chi connectivity index (χ3n) is 3.37. The largest absolute Gasteiger partial charge is 0.469 e. The predicted molar refractivity (Wildman–Crippen MR) is 93.7 cm³/mol. The average Bonchev–Trinajstić information content (AvgIpc) is 3.33. The maximum atomic E-state index is 5.67. The SMILES string of the molecule is Cc1occc1-c1nnc(SCc2nnc(-c3ccc(Br)cc3)o2)o1. The summed E-state index contributed by atoms with van der Waals surface area (Å²) in [5.41, 5.74) is 1.65. The third-order valence-corrected chi connectivity index (χ3v) is 4.70. The van der Waals surface area contributed by atoms with Crippen molar-refractivity contribution >= 4 is 27.7 Å². The van der Waals surface area contributed by atoms with Gasteiger partial charge in [0, 0.05) is 10.0 Å². The van der Waals surface area contributed by atoms with E-state index < -0.39 is 0 Å². The van der Waals surface area contributed by atoms with Gasteiger partial charge in [-0.15, -0.1) is 20.4 Å². The van der Waals surface area contributed by atoms with E-state index in [1.807, 2.05) is 31.2 Å². The van der Waals surface area contributed by atoms with Crippen molar-refractivity contribution in [3.05, 3.63) is 52.7 Å². The van der Waals surface area contributed by atoms with Crippen molar-refractivity contribution in [2.24, 2.45) is 0 Å². The van der Waals surface area contributed by atoms with Gasteiger partial charge >= 0.3 is 0 Å². The van der Waals surface area contributed by atoms with Crippen LogP contribution in [0.15, 0.2) is 59.5 Å². The summed E-state index contributed by atoms with van der Waals surface area (Å²) in [6.45, 7) is 1.84. The highest BCUT2D eigenvalue weighted by Gasteiger charge is 2.15. The molecule has 9 heteroatoms. The number of rotatable bonds is 5. The summed E-state index contributed by atoms with van der Waals surface area (Å²) >= 11 is 4.73. The molecule has 1 aromatic carbocycles. The standard InChI is InChI=1S/C16H11BrN4O3S/c1-9-12(6-7-22-9)15-20-21-16(24-15)25-8-13-18-19-14(23-13)10-2-4-11(17)5-3-10/h2-7H,8H2,1H3. The van der Waals surface area contributed by atoms with Crippen LogP contribution in [0.25, 0.3) is 22.9 Å². The lowest BCUT2D eigenvalue weighted by molar-refractivity contribution is 0.462. The molecule has 4 aromatic rings. The van der Waals surface area contributed by atoms with Gasteiger partial charge < -0.3 is 13.3 Å². The van der Waals surface area contributed by atoms with Gasteiger partial charge in [0.2, 0.25) is 11.8 Å². The van der Waals surface area contributed by atoms with E-state index in [0.29, 0.717) is 28.6 Å². The van der Waals surface area contributed by atoms with E-state index in [4.69, 9.17) is 13.3 Å². The Hall–Kier alpha value is -2.39. The number of thioether (sulfide) groups is 1. The van der Waals surface area contributed by atoms with Gasteiger partial charge in [0.05, 0.1) is 17.6 Å². The molecule has 0 spiro atoms. The number of hydrogen-bond donors (Lipinski definition) is 0. The lowest BCUT2D eigenvalue weighted by Gasteiger charge is -1.94. The van der Waals surface area contributed by atoms with E-state index in [0.717, 1.165) is 21.4 Å². The fourth-order valence-electron chi connectivity index (χ4n) is 2.13. The summed E-state index contributed by atoms with van der Waals surface area (Å²) in [5, 5.41) is 16.6. The van der Waals surface area contributed by atoms with E-state index in [1.54, 1.807) is 12.3 Å². The summed E-state index contributed by atoms with van der Waals surface area (Å²) in [7, 11) is 0. The Balaban J connectivity index is 1.43. The number of furan rings is 1. The molecule has 0 saturated heterocycles. The highest BCUT2D eigenvalue weighted by Crippen LogP contribution is 2.28. The predicted octanol–water partition coefficient (Wildman–Crippen LogP) is 4.74. The van der Waals surface area contributed by atoms with Crippen LogP contribution in [0.2, 0.25) is 0 Å². The first-order valence-corrected chi connectivity index (χ1v) is 9.06. The third kappa shape index (κ3) is 3.52. The van der Waals surface area contributed by atoms with Crippen LogP contribution in [0.5, 0.6) is 0 Å². The Morgan fingerprint density at radius 2 is 1.76 bits per heavy atom. The maximum Gasteiger partial charge on any atom is 0.277 e. The van der Waals surface area contributed by atoms with Gasteiger partial charge in [0.1, 0.15) is 5.76 Å². The molecular formula is C16H11BrN4O3S. The minimum absolute atomic E-state index is 0.426. The summed E-state index contributed by atoms with van der Waals surface area (Å²) in [6, 6.07) is 9.45. The van der Waals surface area contributed by atoms with Crippen molar-refractivity contribution < 1.29 is 13.3 Å². The van der Waals surface area contributed by atoms with E-state index in [-0.39, 0.29) is 0 Å². The number of nitrogens with zero attached hydrogens (tertiary/aromatic N) is 4. The molecule has 4 rings (SSSR count). The summed E-state index contributed by atoms with van der Waals surface area (Å²) in [6.07, 6.45) is 1.59. The van der Waals surface area contributed by atoms with Crippen molar-refractivity contribution in [1.29, 1.82) is 0 Å². The second kappa shape index (κ2) is 6.85. The second-order valence-electron chi connectivity index (χ2n) is 5.06. The van der Waals surface area contributed by atoms with E-state index in [9.17, 15) is 0 Å². The number of aryl methyl sites for hydroxylation is 1. The molecule has 0 amide bonds. The molecule has 0 fully saturated rings. The Bertz CT molecular complexity index is 993. The lowest BCUT2D eigenvalue weighted by Crippen LogP contribution is -1.80. The molecule has 0 unspecified atom stereocenters. The Kier molecular flexibility index (Phi) is 4.41. The molecule has 0 saturated carbocycles. The van der Waals surface area contributed by atoms with Crippen molar-refractivity contribution in [3.8, 4) is 22.9 Å². The summed E-state index contributed by atoms with van der Waals surface area (Å²) in [5.74, 6) is 2.56. The second-order valence-corrected chi connectivity index (χ2v) is 6.90. The van der Waals surface area contributed by atoms with Crippen LogP contribution in [-0.4, -0.2) is 20.4 Å². The number of hydrogen-bond acceptors (Lipinski definition) is 8. The molecular weight excluding hydrogens is 408 g/mol. The first-order chi connectivity index (χ1) is 12.2. The minimum Gasteiger partial charge on any atom is -0.469 e. The fraction of sp³-hybridized carbons (Fsp3) is 0.125. The van der Waals surface area contributed by atoms with E-state index in [2.05, 4.69) is 36.3 Å². The first kappa shape index (κ1) is 16.1. The van der Waals surface area contributed by atoms with Crippen molar-refractivity contribution in [1.82, 2.24) is 20.4 Å². The lowest BCUT2D eigenvalue weighted by atomic mass is 10.2. The van der Waals surface area contributed by atoms with Gasteiger partial charge in [-0.3, -0.25) is 0 Å².